The molecule has 2 saturated heterocycles. The van der Waals surface area contributed by atoms with Crippen LogP contribution in [0.2, 0.25) is 0 Å². The van der Waals surface area contributed by atoms with E-state index in [0.29, 0.717) is 10.9 Å². The number of hydrogen-bond donors (Lipinski definition) is 0. The molecule has 2 aliphatic rings. The van der Waals surface area contributed by atoms with Crippen molar-refractivity contribution < 1.29 is 0 Å². The normalized spacial score (nSPS) is 32.7. The summed E-state index contributed by atoms with van der Waals surface area (Å²) >= 11 is 0. The first-order chi connectivity index (χ1) is 9.43. The Bertz CT molecular complexity index is 373. The van der Waals surface area contributed by atoms with Crippen molar-refractivity contribution in [2.75, 3.05) is 5.75 Å². The second-order valence-electron chi connectivity index (χ2n) is 6.32. The van der Waals surface area contributed by atoms with E-state index in [2.05, 4.69) is 30.3 Å². The summed E-state index contributed by atoms with van der Waals surface area (Å²) in [5.74, 6) is 2.51. The van der Waals surface area contributed by atoms with E-state index in [9.17, 15) is 0 Å². The van der Waals surface area contributed by atoms with Crippen LogP contribution in [0.25, 0.3) is 0 Å². The summed E-state index contributed by atoms with van der Waals surface area (Å²) in [5, 5.41) is 0.989. The highest BCUT2D eigenvalue weighted by Gasteiger charge is 2.36. The summed E-state index contributed by atoms with van der Waals surface area (Å²) in [7, 11) is 0.536. The van der Waals surface area contributed by atoms with Crippen LogP contribution in [0.5, 0.6) is 0 Å². The molecular weight excluding hydrogens is 248 g/mol. The molecule has 0 aromatic heterocycles. The van der Waals surface area contributed by atoms with E-state index in [1.807, 2.05) is 0 Å². The lowest BCUT2D eigenvalue weighted by molar-refractivity contribution is 0.448. The second kappa shape index (κ2) is 6.83. The minimum absolute atomic E-state index is 0.536. The minimum atomic E-state index is 0.536. The van der Waals surface area contributed by atoms with Crippen LogP contribution < -0.4 is 0 Å². The van der Waals surface area contributed by atoms with E-state index in [1.54, 1.807) is 4.90 Å². The number of benzene rings is 1. The molecule has 3 atom stereocenters. The van der Waals surface area contributed by atoms with Crippen LogP contribution in [0.3, 0.4) is 0 Å². The molecular formula is C18H27S+. The van der Waals surface area contributed by atoms with Crippen LogP contribution in [0, 0.1) is 5.92 Å². The van der Waals surface area contributed by atoms with Gasteiger partial charge in [-0.15, -0.1) is 0 Å². The van der Waals surface area contributed by atoms with Gasteiger partial charge in [-0.3, -0.25) is 0 Å². The molecule has 0 amide bonds. The van der Waals surface area contributed by atoms with Crippen LogP contribution >= 0.6 is 0 Å². The maximum atomic E-state index is 2.40. The maximum absolute atomic E-state index is 2.40. The standard InChI is InChI=1S/C18H27S/c1-3-9-16-10-7-8-14-18(11-4-1)19(15-16)17-12-5-2-6-13-17/h2,5-6,12-13,16,18H,1,3-4,7-11,14-15H2/q+1. The van der Waals surface area contributed by atoms with Gasteiger partial charge in [0.1, 0.15) is 11.0 Å². The highest BCUT2D eigenvalue weighted by Crippen LogP contribution is 2.35. The topological polar surface area (TPSA) is 0 Å². The average molecular weight is 275 g/mol. The second-order valence-corrected chi connectivity index (χ2v) is 8.65. The molecule has 1 heteroatoms. The molecule has 0 nitrogen and oxygen atoms in total. The summed E-state index contributed by atoms with van der Waals surface area (Å²) in [6.07, 6.45) is 13.4. The monoisotopic (exact) mass is 275 g/mol. The van der Waals surface area contributed by atoms with E-state index in [-0.39, 0.29) is 0 Å². The zero-order chi connectivity index (χ0) is 12.9. The fourth-order valence-corrected chi connectivity index (χ4v) is 6.90. The lowest BCUT2D eigenvalue weighted by atomic mass is 9.97. The Hall–Kier alpha value is -0.430. The summed E-state index contributed by atoms with van der Waals surface area (Å²) in [6.45, 7) is 0. The van der Waals surface area contributed by atoms with Crippen molar-refractivity contribution in [3.05, 3.63) is 30.3 Å². The van der Waals surface area contributed by atoms with Crippen molar-refractivity contribution >= 4 is 10.9 Å². The van der Waals surface area contributed by atoms with Crippen LogP contribution in [-0.4, -0.2) is 11.0 Å². The van der Waals surface area contributed by atoms with E-state index in [0.717, 1.165) is 11.2 Å². The average Bonchev–Trinajstić information content (AvgIpc) is 2.49. The first-order valence-corrected chi connectivity index (χ1v) is 9.64. The smallest absolute Gasteiger partial charge is 0.0619 e. The Labute approximate surface area is 121 Å². The summed E-state index contributed by atoms with van der Waals surface area (Å²) in [5.41, 5.74) is 0. The molecule has 0 spiro atoms. The quantitative estimate of drug-likeness (QED) is 0.619. The zero-order valence-corrected chi connectivity index (χ0v) is 12.8. The van der Waals surface area contributed by atoms with Gasteiger partial charge in [0.2, 0.25) is 0 Å². The van der Waals surface area contributed by atoms with Crippen molar-refractivity contribution in [2.24, 2.45) is 5.92 Å². The van der Waals surface area contributed by atoms with Gasteiger partial charge in [0.25, 0.3) is 0 Å². The van der Waals surface area contributed by atoms with Crippen LogP contribution in [0.15, 0.2) is 35.2 Å². The molecule has 0 saturated carbocycles. The zero-order valence-electron chi connectivity index (χ0n) is 12.0. The summed E-state index contributed by atoms with van der Waals surface area (Å²) in [4.78, 5) is 1.65. The molecule has 1 aromatic rings. The van der Waals surface area contributed by atoms with Crippen molar-refractivity contribution in [2.45, 2.75) is 67.9 Å². The number of hydrogen-bond acceptors (Lipinski definition) is 0. The third-order valence-electron chi connectivity index (χ3n) is 4.89. The van der Waals surface area contributed by atoms with Gasteiger partial charge in [-0.1, -0.05) is 37.5 Å². The van der Waals surface area contributed by atoms with Crippen LogP contribution in [0.1, 0.15) is 57.8 Å². The molecule has 0 N–H and O–H groups in total. The molecule has 2 heterocycles. The number of rotatable bonds is 1. The Morgan fingerprint density at radius 3 is 2.16 bits per heavy atom. The molecule has 1 aromatic carbocycles. The molecule has 19 heavy (non-hydrogen) atoms. The maximum Gasteiger partial charge on any atom is 0.155 e. The van der Waals surface area contributed by atoms with Gasteiger partial charge in [-0.05, 0) is 50.7 Å². The molecule has 0 aliphatic carbocycles. The number of fused-ring (bicyclic) bond motifs is 3. The third-order valence-corrected chi connectivity index (χ3v) is 7.87. The highest BCUT2D eigenvalue weighted by atomic mass is 32.2. The molecule has 3 rings (SSSR count). The highest BCUT2D eigenvalue weighted by molar-refractivity contribution is 7.97. The van der Waals surface area contributed by atoms with Crippen LogP contribution in [0.4, 0.5) is 0 Å². The Morgan fingerprint density at radius 2 is 1.37 bits per heavy atom. The minimum Gasteiger partial charge on any atom is -0.0619 e. The van der Waals surface area contributed by atoms with Gasteiger partial charge in [-0.25, -0.2) is 0 Å². The van der Waals surface area contributed by atoms with E-state index < -0.39 is 0 Å². The Morgan fingerprint density at radius 1 is 0.737 bits per heavy atom. The lowest BCUT2D eigenvalue weighted by Gasteiger charge is -2.25. The van der Waals surface area contributed by atoms with Crippen molar-refractivity contribution in [3.63, 3.8) is 0 Å². The Kier molecular flexibility index (Phi) is 4.87. The first kappa shape index (κ1) is 13.5. The summed E-state index contributed by atoms with van der Waals surface area (Å²) in [6, 6.07) is 11.4. The van der Waals surface area contributed by atoms with Gasteiger partial charge in [0.15, 0.2) is 4.90 Å². The molecule has 2 bridgehead atoms. The van der Waals surface area contributed by atoms with Gasteiger partial charge in [-0.2, -0.15) is 0 Å². The van der Waals surface area contributed by atoms with Crippen molar-refractivity contribution in [1.82, 2.24) is 0 Å². The third kappa shape index (κ3) is 3.56. The largest absolute Gasteiger partial charge is 0.155 e. The first-order valence-electron chi connectivity index (χ1n) is 8.18. The predicted octanol–water partition coefficient (Wildman–Crippen LogP) is 5.19. The van der Waals surface area contributed by atoms with Crippen molar-refractivity contribution in [1.29, 1.82) is 0 Å². The fraction of sp³-hybridized carbons (Fsp3) is 0.667. The SMILES string of the molecule is c1ccc([S+]2CC3CCCCCC2CCCC3)cc1. The van der Waals surface area contributed by atoms with Gasteiger partial charge in [0, 0.05) is 16.8 Å². The Balaban J connectivity index is 1.86. The molecule has 2 aliphatic heterocycles. The van der Waals surface area contributed by atoms with E-state index in [4.69, 9.17) is 0 Å². The molecule has 0 radical (unpaired) electrons. The lowest BCUT2D eigenvalue weighted by Crippen LogP contribution is -2.29. The summed E-state index contributed by atoms with van der Waals surface area (Å²) < 4.78 is 0. The van der Waals surface area contributed by atoms with Gasteiger partial charge < -0.3 is 0 Å². The molecule has 2 fully saturated rings. The predicted molar refractivity (Wildman–Crippen MR) is 85.8 cm³/mol. The van der Waals surface area contributed by atoms with Crippen LogP contribution in [-0.2, 0) is 10.9 Å². The fourth-order valence-electron chi connectivity index (χ4n) is 3.80. The molecule has 104 valence electrons. The van der Waals surface area contributed by atoms with Gasteiger partial charge >= 0.3 is 0 Å². The van der Waals surface area contributed by atoms with Crippen molar-refractivity contribution in [3.8, 4) is 0 Å². The van der Waals surface area contributed by atoms with E-state index in [1.165, 1.54) is 63.5 Å². The van der Waals surface area contributed by atoms with Gasteiger partial charge in [0.05, 0.1) is 0 Å². The molecule has 3 unspecified atom stereocenters. The van der Waals surface area contributed by atoms with E-state index >= 15 is 0 Å².